The van der Waals surface area contributed by atoms with Crippen LogP contribution in [-0.2, 0) is 11.3 Å². The number of carboxylic acid groups (broad SMARTS) is 1. The van der Waals surface area contributed by atoms with Crippen LogP contribution in [0.1, 0.15) is 15.9 Å². The molecule has 0 saturated heterocycles. The first kappa shape index (κ1) is 13.6. The predicted octanol–water partition coefficient (Wildman–Crippen LogP) is -0.132. The number of hydrogen-bond donors (Lipinski definition) is 3. The van der Waals surface area contributed by atoms with Gasteiger partial charge in [-0.15, -0.1) is 0 Å². The van der Waals surface area contributed by atoms with Crippen molar-refractivity contribution in [2.45, 2.75) is 6.54 Å². The molecule has 0 radical (unpaired) electrons. The molecule has 0 atom stereocenters. The fourth-order valence-electron chi connectivity index (χ4n) is 1.45. The van der Waals surface area contributed by atoms with Crippen molar-refractivity contribution in [2.75, 3.05) is 6.54 Å². The molecular formula is C10H11N3O5. The van der Waals surface area contributed by atoms with Gasteiger partial charge in [-0.25, -0.2) is 4.79 Å². The van der Waals surface area contributed by atoms with Crippen LogP contribution in [0.3, 0.4) is 0 Å². The van der Waals surface area contributed by atoms with Crippen molar-refractivity contribution in [1.29, 1.82) is 0 Å². The van der Waals surface area contributed by atoms with Gasteiger partial charge in [0.1, 0.15) is 5.56 Å². The van der Waals surface area contributed by atoms with Gasteiger partial charge in [0.25, 0.3) is 5.69 Å². The second-order valence-electron chi connectivity index (χ2n) is 3.44. The van der Waals surface area contributed by atoms with Gasteiger partial charge in [0, 0.05) is 12.6 Å². The maximum atomic E-state index is 11.0. The molecule has 0 aliphatic rings. The third-order valence-electron chi connectivity index (χ3n) is 2.15. The summed E-state index contributed by atoms with van der Waals surface area (Å²) in [5.74, 6) is -1.99. The van der Waals surface area contributed by atoms with Crippen molar-refractivity contribution in [2.24, 2.45) is 5.73 Å². The Hall–Kier alpha value is -2.48. The van der Waals surface area contributed by atoms with E-state index in [1.165, 1.54) is 12.1 Å². The summed E-state index contributed by atoms with van der Waals surface area (Å²) in [7, 11) is 0. The number of carbonyl (C=O) groups excluding carboxylic acids is 1. The van der Waals surface area contributed by atoms with E-state index in [1.54, 1.807) is 0 Å². The van der Waals surface area contributed by atoms with Crippen LogP contribution in [0.15, 0.2) is 18.2 Å². The normalized spacial score (nSPS) is 10.0. The number of nitro groups is 1. The Morgan fingerprint density at radius 3 is 2.61 bits per heavy atom. The molecule has 0 aliphatic heterocycles. The zero-order valence-corrected chi connectivity index (χ0v) is 9.25. The summed E-state index contributed by atoms with van der Waals surface area (Å²) in [4.78, 5) is 31.5. The first-order valence-electron chi connectivity index (χ1n) is 4.92. The Kier molecular flexibility index (Phi) is 4.33. The first-order valence-corrected chi connectivity index (χ1v) is 4.92. The predicted molar refractivity (Wildman–Crippen MR) is 61.0 cm³/mol. The Morgan fingerprint density at radius 2 is 2.11 bits per heavy atom. The van der Waals surface area contributed by atoms with Crippen molar-refractivity contribution >= 4 is 17.6 Å². The average Bonchev–Trinajstić information content (AvgIpc) is 2.27. The van der Waals surface area contributed by atoms with Gasteiger partial charge in [0.2, 0.25) is 5.91 Å². The molecule has 0 unspecified atom stereocenters. The number of carbonyl (C=O) groups is 2. The quantitative estimate of drug-likeness (QED) is 0.477. The maximum Gasteiger partial charge on any atom is 0.343 e. The topological polar surface area (TPSA) is 136 Å². The highest BCUT2D eigenvalue weighted by Gasteiger charge is 2.22. The van der Waals surface area contributed by atoms with Gasteiger partial charge in [-0.3, -0.25) is 14.9 Å². The molecule has 0 fully saturated rings. The van der Waals surface area contributed by atoms with Gasteiger partial charge in [0.15, 0.2) is 0 Å². The molecule has 0 aromatic heterocycles. The maximum absolute atomic E-state index is 11.0. The van der Waals surface area contributed by atoms with E-state index >= 15 is 0 Å². The van der Waals surface area contributed by atoms with E-state index in [1.807, 2.05) is 0 Å². The zero-order chi connectivity index (χ0) is 13.7. The van der Waals surface area contributed by atoms with Crippen LogP contribution < -0.4 is 11.1 Å². The zero-order valence-electron chi connectivity index (χ0n) is 9.25. The van der Waals surface area contributed by atoms with E-state index in [0.717, 1.165) is 6.07 Å². The van der Waals surface area contributed by atoms with E-state index in [9.17, 15) is 19.7 Å². The van der Waals surface area contributed by atoms with Crippen LogP contribution in [0, 0.1) is 10.1 Å². The Balaban J connectivity index is 3.03. The van der Waals surface area contributed by atoms with Crippen molar-refractivity contribution < 1.29 is 19.6 Å². The van der Waals surface area contributed by atoms with Gasteiger partial charge in [-0.2, -0.15) is 0 Å². The molecule has 0 spiro atoms. The second kappa shape index (κ2) is 5.73. The molecule has 1 amide bonds. The number of nitrogens with one attached hydrogen (secondary N) is 1. The molecule has 8 heteroatoms. The van der Waals surface area contributed by atoms with Gasteiger partial charge in [-0.1, -0.05) is 12.1 Å². The van der Waals surface area contributed by atoms with Crippen LogP contribution in [-0.4, -0.2) is 28.5 Å². The van der Waals surface area contributed by atoms with Gasteiger partial charge < -0.3 is 16.2 Å². The smallest absolute Gasteiger partial charge is 0.343 e. The number of benzene rings is 1. The fourth-order valence-corrected chi connectivity index (χ4v) is 1.45. The molecule has 8 nitrogen and oxygen atoms in total. The highest BCUT2D eigenvalue weighted by Crippen LogP contribution is 2.22. The standard InChI is InChI=1S/C10H11N3O5/c11-8(14)5-12-4-6-2-1-3-7(13(17)18)9(6)10(15)16/h1-3,12H,4-5H2,(H2,11,14)(H,15,16). The van der Waals surface area contributed by atoms with Crippen molar-refractivity contribution in [3.8, 4) is 0 Å². The summed E-state index contributed by atoms with van der Waals surface area (Å²) in [5, 5.41) is 22.3. The molecule has 96 valence electrons. The monoisotopic (exact) mass is 253 g/mol. The molecule has 1 rings (SSSR count). The highest BCUT2D eigenvalue weighted by atomic mass is 16.6. The summed E-state index contributed by atoms with van der Waals surface area (Å²) < 4.78 is 0. The van der Waals surface area contributed by atoms with Crippen molar-refractivity contribution in [1.82, 2.24) is 5.32 Å². The number of amides is 1. The first-order chi connectivity index (χ1) is 8.43. The molecule has 0 saturated carbocycles. The SMILES string of the molecule is NC(=O)CNCc1cccc([N+](=O)[O-])c1C(=O)O. The lowest BCUT2D eigenvalue weighted by atomic mass is 10.1. The third-order valence-corrected chi connectivity index (χ3v) is 2.15. The Labute approximate surface area is 102 Å². The minimum absolute atomic E-state index is 0.00620. The summed E-state index contributed by atoms with van der Waals surface area (Å²) >= 11 is 0. The van der Waals surface area contributed by atoms with E-state index in [0.29, 0.717) is 0 Å². The molecule has 1 aromatic carbocycles. The molecule has 0 heterocycles. The van der Waals surface area contributed by atoms with Crippen LogP contribution in [0.4, 0.5) is 5.69 Å². The van der Waals surface area contributed by atoms with Gasteiger partial charge in [0.05, 0.1) is 11.5 Å². The van der Waals surface area contributed by atoms with E-state index in [-0.39, 0.29) is 24.2 Å². The van der Waals surface area contributed by atoms with Gasteiger partial charge in [-0.05, 0) is 5.56 Å². The number of nitrogens with two attached hydrogens (primary N) is 1. The number of rotatable bonds is 6. The Morgan fingerprint density at radius 1 is 1.44 bits per heavy atom. The van der Waals surface area contributed by atoms with E-state index in [2.05, 4.69) is 5.32 Å². The van der Waals surface area contributed by atoms with Crippen LogP contribution in [0.5, 0.6) is 0 Å². The molecule has 1 aromatic rings. The highest BCUT2D eigenvalue weighted by molar-refractivity contribution is 5.94. The van der Waals surface area contributed by atoms with Crippen LogP contribution >= 0.6 is 0 Å². The minimum Gasteiger partial charge on any atom is -0.477 e. The lowest BCUT2D eigenvalue weighted by molar-refractivity contribution is -0.385. The fraction of sp³-hybridized carbons (Fsp3) is 0.200. The lowest BCUT2D eigenvalue weighted by Gasteiger charge is -2.07. The molecule has 0 aliphatic carbocycles. The average molecular weight is 253 g/mol. The number of nitrogens with zero attached hydrogens (tertiary/aromatic N) is 1. The molecule has 4 N–H and O–H groups in total. The Bertz CT molecular complexity index is 500. The number of carboxylic acids is 1. The summed E-state index contributed by atoms with van der Waals surface area (Å²) in [5.41, 5.74) is 4.25. The van der Waals surface area contributed by atoms with Crippen LogP contribution in [0.25, 0.3) is 0 Å². The summed E-state index contributed by atoms with van der Waals surface area (Å²) in [6.07, 6.45) is 0. The number of hydrogen-bond acceptors (Lipinski definition) is 5. The minimum atomic E-state index is -1.39. The van der Waals surface area contributed by atoms with E-state index in [4.69, 9.17) is 10.8 Å². The molecule has 0 bridgehead atoms. The summed E-state index contributed by atoms with van der Waals surface area (Å²) in [6, 6.07) is 3.93. The number of nitro benzene ring substituents is 1. The largest absolute Gasteiger partial charge is 0.477 e. The van der Waals surface area contributed by atoms with Gasteiger partial charge >= 0.3 is 5.97 Å². The van der Waals surface area contributed by atoms with E-state index < -0.39 is 22.5 Å². The van der Waals surface area contributed by atoms with Crippen molar-refractivity contribution in [3.63, 3.8) is 0 Å². The number of aromatic carboxylic acids is 1. The van der Waals surface area contributed by atoms with Crippen molar-refractivity contribution in [3.05, 3.63) is 39.4 Å². The molecule has 18 heavy (non-hydrogen) atoms. The number of primary amides is 1. The lowest BCUT2D eigenvalue weighted by Crippen LogP contribution is -2.28. The second-order valence-corrected chi connectivity index (χ2v) is 3.44. The molecular weight excluding hydrogens is 242 g/mol. The summed E-state index contributed by atoms with van der Waals surface area (Å²) in [6.45, 7) is -0.131. The third kappa shape index (κ3) is 3.25. The van der Waals surface area contributed by atoms with Crippen LogP contribution in [0.2, 0.25) is 0 Å².